The molecule has 0 fully saturated rings. The number of hydrogen-bond donors (Lipinski definition) is 1. The maximum atomic E-state index is 12.9. The first-order valence-corrected chi connectivity index (χ1v) is 7.63. The molecule has 0 spiro atoms. The topological polar surface area (TPSA) is 47.9 Å². The van der Waals surface area contributed by atoms with Crippen molar-refractivity contribution in [2.24, 2.45) is 4.99 Å². The van der Waals surface area contributed by atoms with Gasteiger partial charge in [-0.3, -0.25) is 4.79 Å². The van der Waals surface area contributed by atoms with Gasteiger partial charge in [0, 0.05) is 25.2 Å². The fraction of sp³-hybridized carbons (Fsp3) is 0.111. The number of rotatable bonds is 3. The lowest BCUT2D eigenvalue weighted by Gasteiger charge is -2.29. The van der Waals surface area contributed by atoms with E-state index in [1.165, 1.54) is 12.1 Å². The second-order valence-corrected chi connectivity index (χ2v) is 5.64. The summed E-state index contributed by atoms with van der Waals surface area (Å²) < 4.78 is 12.9. The minimum absolute atomic E-state index is 0.176. The molecule has 1 N–H and O–H groups in total. The molecule has 6 heteroatoms. The van der Waals surface area contributed by atoms with E-state index in [0.717, 1.165) is 23.6 Å². The van der Waals surface area contributed by atoms with Crippen LogP contribution in [0.4, 0.5) is 4.39 Å². The Bertz CT molecular complexity index is 833. The van der Waals surface area contributed by atoms with Crippen molar-refractivity contribution in [1.29, 1.82) is 0 Å². The second kappa shape index (κ2) is 5.81. The molecule has 120 valence electrons. The second-order valence-electron chi connectivity index (χ2n) is 5.64. The first-order valence-electron chi connectivity index (χ1n) is 7.63. The number of aliphatic imine (C=N–C) groups is 1. The van der Waals surface area contributed by atoms with Crippen molar-refractivity contribution in [1.82, 2.24) is 15.1 Å². The van der Waals surface area contributed by atoms with E-state index in [4.69, 9.17) is 0 Å². The number of fused-ring (bicyclic) bond motifs is 2. The molecule has 0 atom stereocenters. The maximum absolute atomic E-state index is 12.9. The SMILES string of the molecule is O=C(NCc1ccc(F)cc1)C1=CN2C=C3N=CCN3C=C2C=C1. The van der Waals surface area contributed by atoms with Gasteiger partial charge in [0.1, 0.15) is 11.6 Å². The standard InChI is InChI=1S/C18H15FN4O/c19-15-4-1-13(2-5-15)9-21-18(24)14-3-6-16-11-22-8-7-20-17(22)12-23(16)10-14/h1-7,10-12H,8-9H2,(H,21,24). The van der Waals surface area contributed by atoms with Crippen LogP contribution >= 0.6 is 0 Å². The number of halogens is 1. The third-order valence-electron chi connectivity index (χ3n) is 3.98. The molecule has 0 saturated carbocycles. The zero-order valence-electron chi connectivity index (χ0n) is 12.8. The molecular weight excluding hydrogens is 307 g/mol. The molecule has 1 aromatic rings. The third-order valence-corrected chi connectivity index (χ3v) is 3.98. The first-order chi connectivity index (χ1) is 11.7. The molecule has 1 amide bonds. The number of nitrogens with one attached hydrogen (secondary N) is 1. The van der Waals surface area contributed by atoms with Gasteiger partial charge in [-0.2, -0.15) is 0 Å². The summed E-state index contributed by atoms with van der Waals surface area (Å²) in [6, 6.07) is 6.07. The largest absolute Gasteiger partial charge is 0.348 e. The summed E-state index contributed by atoms with van der Waals surface area (Å²) >= 11 is 0. The van der Waals surface area contributed by atoms with E-state index in [0.29, 0.717) is 12.1 Å². The normalized spacial score (nSPS) is 17.8. The summed E-state index contributed by atoms with van der Waals surface area (Å²) in [6.45, 7) is 1.12. The summed E-state index contributed by atoms with van der Waals surface area (Å²) in [6.07, 6.45) is 11.2. The average molecular weight is 322 g/mol. The monoisotopic (exact) mass is 322 g/mol. The molecule has 3 heterocycles. The van der Waals surface area contributed by atoms with Gasteiger partial charge in [-0.25, -0.2) is 9.38 Å². The molecule has 0 radical (unpaired) electrons. The number of allylic oxidation sites excluding steroid dienone is 1. The van der Waals surface area contributed by atoms with Gasteiger partial charge < -0.3 is 15.1 Å². The molecule has 5 nitrogen and oxygen atoms in total. The number of amides is 1. The van der Waals surface area contributed by atoms with Gasteiger partial charge in [-0.15, -0.1) is 0 Å². The molecule has 0 aromatic heterocycles. The van der Waals surface area contributed by atoms with Crippen molar-refractivity contribution >= 4 is 12.1 Å². The fourth-order valence-corrected chi connectivity index (χ4v) is 2.67. The molecule has 3 aliphatic rings. The Morgan fingerprint density at radius 3 is 2.83 bits per heavy atom. The van der Waals surface area contributed by atoms with Crippen LogP contribution in [0.15, 0.2) is 77.1 Å². The summed E-state index contributed by atoms with van der Waals surface area (Å²) in [5, 5.41) is 2.84. The Kier molecular flexibility index (Phi) is 3.49. The fourth-order valence-electron chi connectivity index (χ4n) is 2.67. The van der Waals surface area contributed by atoms with Crippen LogP contribution in [0.3, 0.4) is 0 Å². The lowest BCUT2D eigenvalue weighted by molar-refractivity contribution is -0.117. The zero-order valence-corrected chi connectivity index (χ0v) is 12.8. The van der Waals surface area contributed by atoms with Gasteiger partial charge in [0.2, 0.25) is 0 Å². The Labute approximate surface area is 138 Å². The molecule has 0 bridgehead atoms. The van der Waals surface area contributed by atoms with Crippen molar-refractivity contribution in [3.63, 3.8) is 0 Å². The van der Waals surface area contributed by atoms with E-state index in [2.05, 4.69) is 10.3 Å². The number of nitrogens with zero attached hydrogens (tertiary/aromatic N) is 3. The summed E-state index contributed by atoms with van der Waals surface area (Å²) in [5.74, 6) is 0.394. The quantitative estimate of drug-likeness (QED) is 0.928. The van der Waals surface area contributed by atoms with E-state index in [-0.39, 0.29) is 11.7 Å². The smallest absolute Gasteiger partial charge is 0.253 e. The number of hydrogen-bond acceptors (Lipinski definition) is 4. The number of carbonyl (C=O) groups excluding carboxylic acids is 1. The van der Waals surface area contributed by atoms with Gasteiger partial charge in [-0.05, 0) is 29.8 Å². The predicted molar refractivity (Wildman–Crippen MR) is 88.7 cm³/mol. The first kappa shape index (κ1) is 14.4. The van der Waals surface area contributed by atoms with Crippen LogP contribution < -0.4 is 5.32 Å². The molecule has 0 unspecified atom stereocenters. The molecule has 1 aromatic carbocycles. The molecule has 3 aliphatic heterocycles. The molecule has 0 aliphatic carbocycles. The van der Waals surface area contributed by atoms with Crippen LogP contribution in [0.1, 0.15) is 5.56 Å². The van der Waals surface area contributed by atoms with Gasteiger partial charge in [0.25, 0.3) is 5.91 Å². The van der Waals surface area contributed by atoms with E-state index >= 15 is 0 Å². The predicted octanol–water partition coefficient (Wildman–Crippen LogP) is 2.24. The van der Waals surface area contributed by atoms with Crippen LogP contribution in [0, 0.1) is 5.82 Å². The van der Waals surface area contributed by atoms with Gasteiger partial charge in [0.05, 0.1) is 24.0 Å². The summed E-state index contributed by atoms with van der Waals surface area (Å²) in [4.78, 5) is 20.6. The Hall–Kier alpha value is -3.15. The van der Waals surface area contributed by atoms with Crippen LogP contribution in [-0.2, 0) is 11.3 Å². The molecule has 4 rings (SSSR count). The minimum atomic E-state index is -0.288. The molecule has 0 saturated heterocycles. The Balaban J connectivity index is 1.45. The van der Waals surface area contributed by atoms with Crippen LogP contribution in [0.2, 0.25) is 0 Å². The Morgan fingerprint density at radius 1 is 1.17 bits per heavy atom. The maximum Gasteiger partial charge on any atom is 0.253 e. The lowest BCUT2D eigenvalue weighted by Crippen LogP contribution is -2.29. The van der Waals surface area contributed by atoms with E-state index in [1.54, 1.807) is 24.4 Å². The average Bonchev–Trinajstić information content (AvgIpc) is 3.05. The van der Waals surface area contributed by atoms with Crippen LogP contribution in [0.5, 0.6) is 0 Å². The van der Waals surface area contributed by atoms with Crippen molar-refractivity contribution in [2.45, 2.75) is 6.54 Å². The van der Waals surface area contributed by atoms with Gasteiger partial charge in [-0.1, -0.05) is 12.1 Å². The van der Waals surface area contributed by atoms with Crippen molar-refractivity contribution < 1.29 is 9.18 Å². The highest BCUT2D eigenvalue weighted by Crippen LogP contribution is 2.27. The van der Waals surface area contributed by atoms with Crippen molar-refractivity contribution in [3.05, 3.63) is 83.5 Å². The summed E-state index contributed by atoms with van der Waals surface area (Å²) in [5.41, 5.74) is 2.39. The van der Waals surface area contributed by atoms with Crippen molar-refractivity contribution in [2.75, 3.05) is 6.54 Å². The highest BCUT2D eigenvalue weighted by atomic mass is 19.1. The Morgan fingerprint density at radius 2 is 2.00 bits per heavy atom. The van der Waals surface area contributed by atoms with Gasteiger partial charge >= 0.3 is 0 Å². The number of benzene rings is 1. The van der Waals surface area contributed by atoms with Crippen LogP contribution in [-0.4, -0.2) is 28.5 Å². The van der Waals surface area contributed by atoms with E-state index in [9.17, 15) is 9.18 Å². The highest BCUT2D eigenvalue weighted by molar-refractivity contribution is 5.96. The molecular formula is C18H15FN4O. The van der Waals surface area contributed by atoms with E-state index in [1.807, 2.05) is 34.5 Å². The van der Waals surface area contributed by atoms with Crippen molar-refractivity contribution in [3.8, 4) is 0 Å². The summed E-state index contributed by atoms with van der Waals surface area (Å²) in [7, 11) is 0. The zero-order chi connectivity index (χ0) is 16.5. The third kappa shape index (κ3) is 2.74. The van der Waals surface area contributed by atoms with Gasteiger partial charge in [0.15, 0.2) is 0 Å². The molecule has 24 heavy (non-hydrogen) atoms. The minimum Gasteiger partial charge on any atom is -0.348 e. The van der Waals surface area contributed by atoms with E-state index < -0.39 is 0 Å². The highest BCUT2D eigenvalue weighted by Gasteiger charge is 2.22. The lowest BCUT2D eigenvalue weighted by atomic mass is 10.1. The number of carbonyl (C=O) groups is 1. The van der Waals surface area contributed by atoms with Crippen LogP contribution in [0.25, 0.3) is 0 Å².